The van der Waals surface area contributed by atoms with Crippen molar-refractivity contribution in [2.45, 2.75) is 51.2 Å². The first-order chi connectivity index (χ1) is 5.29. The highest BCUT2D eigenvalue weighted by molar-refractivity contribution is 4.72. The second-order valence-corrected chi connectivity index (χ2v) is 3.59. The summed E-state index contributed by atoms with van der Waals surface area (Å²) in [6, 6.07) is 0.679. The Labute approximate surface area is 69.0 Å². The van der Waals surface area contributed by atoms with Crippen LogP contribution in [-0.2, 0) is 0 Å². The minimum absolute atomic E-state index is 0.197. The molecule has 0 radical (unpaired) electrons. The number of hydrogen-bond acceptors (Lipinski definition) is 2. The second kappa shape index (κ2) is 4.73. The van der Waals surface area contributed by atoms with E-state index in [1.54, 1.807) is 0 Å². The minimum atomic E-state index is -0.197. The highest BCUT2D eigenvalue weighted by atomic mass is 16.3. The van der Waals surface area contributed by atoms with Crippen molar-refractivity contribution in [1.82, 2.24) is 5.32 Å². The fourth-order valence-corrected chi connectivity index (χ4v) is 1.64. The molecule has 2 N–H and O–H groups in total. The molecular weight excluding hydrogens is 138 g/mol. The van der Waals surface area contributed by atoms with Crippen LogP contribution in [0.15, 0.2) is 0 Å². The summed E-state index contributed by atoms with van der Waals surface area (Å²) in [5.41, 5.74) is 0. The molecule has 2 heteroatoms. The summed E-state index contributed by atoms with van der Waals surface area (Å²) in [7, 11) is 0. The van der Waals surface area contributed by atoms with Crippen LogP contribution >= 0.6 is 0 Å². The van der Waals surface area contributed by atoms with Gasteiger partial charge in [0.15, 0.2) is 0 Å². The van der Waals surface area contributed by atoms with Crippen LogP contribution in [0.3, 0.4) is 0 Å². The van der Waals surface area contributed by atoms with Gasteiger partial charge in [-0.25, -0.2) is 0 Å². The summed E-state index contributed by atoms with van der Waals surface area (Å²) in [6.07, 6.45) is 6.51. The molecule has 1 atom stereocenters. The van der Waals surface area contributed by atoms with Crippen LogP contribution in [0, 0.1) is 0 Å². The number of aliphatic hydroxyl groups excluding tert-OH is 1. The molecule has 0 spiro atoms. The van der Waals surface area contributed by atoms with Gasteiger partial charge in [-0.15, -0.1) is 0 Å². The van der Waals surface area contributed by atoms with Gasteiger partial charge in [-0.05, 0) is 19.8 Å². The number of hydrogen-bond donors (Lipinski definition) is 2. The minimum Gasteiger partial charge on any atom is -0.392 e. The predicted molar refractivity (Wildman–Crippen MR) is 46.6 cm³/mol. The van der Waals surface area contributed by atoms with Crippen LogP contribution in [0.5, 0.6) is 0 Å². The van der Waals surface area contributed by atoms with E-state index in [1.807, 2.05) is 6.92 Å². The van der Waals surface area contributed by atoms with Crippen molar-refractivity contribution >= 4 is 0 Å². The third-order valence-corrected chi connectivity index (χ3v) is 2.31. The van der Waals surface area contributed by atoms with Crippen molar-refractivity contribution in [1.29, 1.82) is 0 Å². The highest BCUT2D eigenvalue weighted by Gasteiger charge is 2.12. The molecular formula is C9H19NO. The molecule has 1 aliphatic carbocycles. The third kappa shape index (κ3) is 3.73. The Morgan fingerprint density at radius 3 is 2.55 bits per heavy atom. The maximum absolute atomic E-state index is 9.02. The Kier molecular flexibility index (Phi) is 3.87. The van der Waals surface area contributed by atoms with Crippen molar-refractivity contribution in [3.8, 4) is 0 Å². The lowest BCUT2D eigenvalue weighted by atomic mass is 9.95. The standard InChI is InChI=1S/C9H19NO/c1-8(11)7-10-9-5-3-2-4-6-9/h8-11H,2-7H2,1H3/t8-/m0/s1. The van der Waals surface area contributed by atoms with Gasteiger partial charge < -0.3 is 10.4 Å². The maximum atomic E-state index is 9.02. The molecule has 1 fully saturated rings. The van der Waals surface area contributed by atoms with Gasteiger partial charge in [0, 0.05) is 12.6 Å². The third-order valence-electron chi connectivity index (χ3n) is 2.31. The van der Waals surface area contributed by atoms with Crippen LogP contribution in [0.25, 0.3) is 0 Å². The van der Waals surface area contributed by atoms with E-state index in [4.69, 9.17) is 5.11 Å². The van der Waals surface area contributed by atoms with E-state index in [0.29, 0.717) is 6.04 Å². The summed E-state index contributed by atoms with van der Waals surface area (Å²) < 4.78 is 0. The zero-order valence-electron chi connectivity index (χ0n) is 7.34. The Bertz CT molecular complexity index is 97.7. The SMILES string of the molecule is C[C@H](O)CNC1CCCCC1. The van der Waals surface area contributed by atoms with Gasteiger partial charge in [0.05, 0.1) is 6.10 Å². The van der Waals surface area contributed by atoms with E-state index >= 15 is 0 Å². The van der Waals surface area contributed by atoms with E-state index in [1.165, 1.54) is 32.1 Å². The lowest BCUT2D eigenvalue weighted by Gasteiger charge is -2.23. The van der Waals surface area contributed by atoms with Gasteiger partial charge in [0.25, 0.3) is 0 Å². The quantitative estimate of drug-likeness (QED) is 0.647. The molecule has 0 amide bonds. The van der Waals surface area contributed by atoms with Crippen molar-refractivity contribution < 1.29 is 5.11 Å². The average molecular weight is 157 g/mol. The molecule has 0 heterocycles. The molecule has 0 unspecified atom stereocenters. The smallest absolute Gasteiger partial charge is 0.0636 e. The van der Waals surface area contributed by atoms with Crippen LogP contribution in [0.2, 0.25) is 0 Å². The summed E-state index contributed by atoms with van der Waals surface area (Å²) in [6.45, 7) is 2.58. The lowest BCUT2D eigenvalue weighted by Crippen LogP contribution is -2.35. The largest absolute Gasteiger partial charge is 0.392 e. The summed E-state index contributed by atoms with van der Waals surface area (Å²) in [4.78, 5) is 0. The fourth-order valence-electron chi connectivity index (χ4n) is 1.64. The molecule has 0 aliphatic heterocycles. The highest BCUT2D eigenvalue weighted by Crippen LogP contribution is 2.16. The molecule has 2 nitrogen and oxygen atoms in total. The maximum Gasteiger partial charge on any atom is 0.0636 e. The van der Waals surface area contributed by atoms with Crippen molar-refractivity contribution in [2.24, 2.45) is 0 Å². The predicted octanol–water partition coefficient (Wildman–Crippen LogP) is 1.29. The molecule has 66 valence electrons. The molecule has 0 aromatic rings. The number of rotatable bonds is 3. The number of nitrogens with one attached hydrogen (secondary N) is 1. The van der Waals surface area contributed by atoms with E-state index in [2.05, 4.69) is 5.32 Å². The summed E-state index contributed by atoms with van der Waals surface area (Å²) in [5.74, 6) is 0. The number of aliphatic hydroxyl groups is 1. The van der Waals surface area contributed by atoms with E-state index < -0.39 is 0 Å². The van der Waals surface area contributed by atoms with Crippen molar-refractivity contribution in [3.05, 3.63) is 0 Å². The summed E-state index contributed by atoms with van der Waals surface area (Å²) in [5, 5.41) is 12.4. The van der Waals surface area contributed by atoms with Crippen molar-refractivity contribution in [2.75, 3.05) is 6.54 Å². The monoisotopic (exact) mass is 157 g/mol. The zero-order valence-corrected chi connectivity index (χ0v) is 7.34. The van der Waals surface area contributed by atoms with E-state index in [0.717, 1.165) is 6.54 Å². The zero-order chi connectivity index (χ0) is 8.10. The van der Waals surface area contributed by atoms with Crippen LogP contribution in [-0.4, -0.2) is 23.8 Å². The topological polar surface area (TPSA) is 32.3 Å². The van der Waals surface area contributed by atoms with E-state index in [9.17, 15) is 0 Å². The van der Waals surface area contributed by atoms with Gasteiger partial charge in [0.1, 0.15) is 0 Å². The first-order valence-corrected chi connectivity index (χ1v) is 4.70. The Hall–Kier alpha value is -0.0800. The molecule has 1 saturated carbocycles. The van der Waals surface area contributed by atoms with Gasteiger partial charge in [0.2, 0.25) is 0 Å². The first-order valence-electron chi connectivity index (χ1n) is 4.70. The molecule has 11 heavy (non-hydrogen) atoms. The Morgan fingerprint density at radius 2 is 2.00 bits per heavy atom. The van der Waals surface area contributed by atoms with Gasteiger partial charge >= 0.3 is 0 Å². The van der Waals surface area contributed by atoms with Crippen LogP contribution in [0.1, 0.15) is 39.0 Å². The Morgan fingerprint density at radius 1 is 1.36 bits per heavy atom. The Balaban J connectivity index is 2.05. The van der Waals surface area contributed by atoms with Gasteiger partial charge in [-0.1, -0.05) is 19.3 Å². The van der Waals surface area contributed by atoms with E-state index in [-0.39, 0.29) is 6.10 Å². The van der Waals surface area contributed by atoms with Crippen molar-refractivity contribution in [3.63, 3.8) is 0 Å². The fraction of sp³-hybridized carbons (Fsp3) is 1.00. The average Bonchev–Trinajstić information content (AvgIpc) is 2.03. The normalized spacial score (nSPS) is 23.5. The van der Waals surface area contributed by atoms with Crippen LogP contribution < -0.4 is 5.32 Å². The van der Waals surface area contributed by atoms with Gasteiger partial charge in [-0.2, -0.15) is 0 Å². The van der Waals surface area contributed by atoms with Gasteiger partial charge in [-0.3, -0.25) is 0 Å². The summed E-state index contributed by atoms with van der Waals surface area (Å²) >= 11 is 0. The first kappa shape index (κ1) is 9.01. The molecule has 0 saturated heterocycles. The molecule has 1 rings (SSSR count). The lowest BCUT2D eigenvalue weighted by molar-refractivity contribution is 0.181. The molecule has 1 aliphatic rings. The van der Waals surface area contributed by atoms with Crippen LogP contribution in [0.4, 0.5) is 0 Å². The second-order valence-electron chi connectivity index (χ2n) is 3.59. The molecule has 0 aromatic heterocycles. The molecule has 0 aromatic carbocycles. The molecule has 0 bridgehead atoms.